The van der Waals surface area contributed by atoms with Gasteiger partial charge in [0.05, 0.1) is 22.8 Å². The van der Waals surface area contributed by atoms with Crippen LogP contribution in [-0.4, -0.2) is 29.9 Å². The zero-order valence-corrected chi connectivity index (χ0v) is 23.9. The molecule has 2 aromatic carbocycles. The lowest BCUT2D eigenvalue weighted by Gasteiger charge is -2.14. The van der Waals surface area contributed by atoms with Gasteiger partial charge in [0.1, 0.15) is 17.5 Å². The molecule has 0 atom stereocenters. The minimum absolute atomic E-state index is 0.231. The molecule has 2 N–H and O–H groups in total. The second kappa shape index (κ2) is 11.4. The van der Waals surface area contributed by atoms with Crippen LogP contribution < -0.4 is 10.6 Å². The van der Waals surface area contributed by atoms with Crippen LogP contribution in [0.2, 0.25) is 10.0 Å². The Kier molecular flexibility index (Phi) is 7.13. The van der Waals surface area contributed by atoms with Crippen LogP contribution in [-0.2, 0) is 0 Å². The number of rotatable bonds is 6. The van der Waals surface area contributed by atoms with Gasteiger partial charge in [-0.25, -0.2) is 33.7 Å². The van der Waals surface area contributed by atoms with Crippen LogP contribution in [0, 0.1) is 11.6 Å². The van der Waals surface area contributed by atoms with Gasteiger partial charge in [0, 0.05) is 50.5 Å². The smallest absolute Gasteiger partial charge is 0.229 e. The van der Waals surface area contributed by atoms with E-state index in [1.807, 2.05) is 12.1 Å². The van der Waals surface area contributed by atoms with Crippen LogP contribution in [0.4, 0.5) is 31.9 Å². The van der Waals surface area contributed by atoms with Crippen LogP contribution in [0.5, 0.6) is 0 Å². The lowest BCUT2D eigenvalue weighted by Crippen LogP contribution is -2.03. The van der Waals surface area contributed by atoms with E-state index < -0.39 is 11.6 Å². The topological polar surface area (TPSA) is 101 Å². The zero-order valence-electron chi connectivity index (χ0n) is 22.4. The summed E-state index contributed by atoms with van der Waals surface area (Å²) in [5.74, 6) is -0.246. The predicted octanol–water partition coefficient (Wildman–Crippen LogP) is 8.77. The van der Waals surface area contributed by atoms with Crippen molar-refractivity contribution in [1.29, 1.82) is 0 Å². The number of benzene rings is 2. The minimum atomic E-state index is -0.471. The number of nitrogens with zero attached hydrogens (tertiary/aromatic N) is 6. The Hall–Kier alpha value is -5.32. The molecule has 0 saturated heterocycles. The fourth-order valence-electron chi connectivity index (χ4n) is 4.73. The van der Waals surface area contributed by atoms with E-state index in [0.29, 0.717) is 60.7 Å². The highest BCUT2D eigenvalue weighted by Crippen LogP contribution is 2.34. The molecule has 5 aromatic heterocycles. The Balaban J connectivity index is 1.27. The number of hydrogen-bond acceptors (Lipinski definition) is 8. The van der Waals surface area contributed by atoms with E-state index in [1.165, 1.54) is 36.4 Å². The van der Waals surface area contributed by atoms with Gasteiger partial charge >= 0.3 is 0 Å². The molecule has 0 radical (unpaired) electrons. The van der Waals surface area contributed by atoms with Crippen LogP contribution in [0.1, 0.15) is 0 Å². The van der Waals surface area contributed by atoms with Crippen LogP contribution in [0.3, 0.4) is 0 Å². The number of aromatic nitrogens is 6. The van der Waals surface area contributed by atoms with Crippen molar-refractivity contribution < 1.29 is 8.78 Å². The molecule has 0 aliphatic heterocycles. The minimum Gasteiger partial charge on any atom is -0.339 e. The first kappa shape index (κ1) is 27.5. The summed E-state index contributed by atoms with van der Waals surface area (Å²) in [6.45, 7) is 0. The van der Waals surface area contributed by atoms with Crippen LogP contribution in [0.15, 0.2) is 97.5 Å². The number of hydrogen-bond donors (Lipinski definition) is 2. The third-order valence-electron chi connectivity index (χ3n) is 6.74. The molecular weight excluding hydrogens is 605 g/mol. The average molecular weight is 623 g/mol. The van der Waals surface area contributed by atoms with Gasteiger partial charge in [-0.3, -0.25) is 0 Å². The Labute approximate surface area is 258 Å². The molecule has 0 aliphatic carbocycles. The summed E-state index contributed by atoms with van der Waals surface area (Å²) < 4.78 is 29.5. The van der Waals surface area contributed by atoms with Crippen molar-refractivity contribution in [1.82, 2.24) is 29.9 Å². The normalized spacial score (nSPS) is 11.2. The highest BCUT2D eigenvalue weighted by molar-refractivity contribution is 6.31. The third kappa shape index (κ3) is 5.44. The summed E-state index contributed by atoms with van der Waals surface area (Å²) in [6.07, 6.45) is 4.80. The molecule has 0 spiro atoms. The first-order valence-electron chi connectivity index (χ1n) is 13.2. The van der Waals surface area contributed by atoms with Gasteiger partial charge in [0.2, 0.25) is 5.95 Å². The summed E-state index contributed by atoms with van der Waals surface area (Å²) >= 11 is 12.3. The molecule has 0 amide bonds. The Morgan fingerprint density at radius 3 is 1.66 bits per heavy atom. The number of anilines is 4. The molecule has 7 rings (SSSR count). The predicted molar refractivity (Wildman–Crippen MR) is 168 cm³/mol. The van der Waals surface area contributed by atoms with Crippen molar-refractivity contribution >= 4 is 68.4 Å². The van der Waals surface area contributed by atoms with Crippen molar-refractivity contribution in [3.63, 3.8) is 0 Å². The number of halogens is 4. The molecule has 0 unspecified atom stereocenters. The molecule has 12 heteroatoms. The van der Waals surface area contributed by atoms with Crippen LogP contribution >= 0.6 is 23.2 Å². The maximum Gasteiger partial charge on any atom is 0.229 e. The molecule has 214 valence electrons. The van der Waals surface area contributed by atoms with Crippen molar-refractivity contribution in [2.75, 3.05) is 10.6 Å². The fraction of sp³-hybridized carbons (Fsp3) is 0. The molecule has 5 heterocycles. The van der Waals surface area contributed by atoms with Gasteiger partial charge in [-0.15, -0.1) is 0 Å². The number of nitrogens with one attached hydrogen (secondary N) is 2. The summed E-state index contributed by atoms with van der Waals surface area (Å²) in [7, 11) is 0. The van der Waals surface area contributed by atoms with E-state index in [2.05, 4.69) is 40.5 Å². The Bertz CT molecular complexity index is 2060. The van der Waals surface area contributed by atoms with E-state index in [4.69, 9.17) is 23.2 Å². The fourth-order valence-corrected chi connectivity index (χ4v) is 5.08. The summed E-state index contributed by atoms with van der Waals surface area (Å²) in [5.41, 5.74) is 3.13. The van der Waals surface area contributed by atoms with E-state index in [9.17, 15) is 8.78 Å². The Morgan fingerprint density at radius 1 is 0.545 bits per heavy atom. The second-order valence-electron chi connectivity index (χ2n) is 9.62. The van der Waals surface area contributed by atoms with Crippen molar-refractivity contribution in [2.45, 2.75) is 0 Å². The molecule has 7 aromatic rings. The van der Waals surface area contributed by atoms with E-state index >= 15 is 0 Å². The molecule has 8 nitrogen and oxygen atoms in total. The summed E-state index contributed by atoms with van der Waals surface area (Å²) in [6, 6.07) is 20.9. The quantitative estimate of drug-likeness (QED) is 0.190. The first-order valence-corrected chi connectivity index (χ1v) is 14.0. The van der Waals surface area contributed by atoms with Gasteiger partial charge in [0.25, 0.3) is 0 Å². The lowest BCUT2D eigenvalue weighted by atomic mass is 10.1. The molecule has 0 bridgehead atoms. The number of pyridine rings is 4. The van der Waals surface area contributed by atoms with Crippen molar-refractivity contribution in [2.24, 2.45) is 0 Å². The zero-order chi connectivity index (χ0) is 30.2. The van der Waals surface area contributed by atoms with Gasteiger partial charge in [0.15, 0.2) is 11.3 Å². The molecule has 0 saturated carbocycles. The molecule has 0 aliphatic rings. The molecule has 44 heavy (non-hydrogen) atoms. The van der Waals surface area contributed by atoms with Gasteiger partial charge in [-0.2, -0.15) is 4.98 Å². The average Bonchev–Trinajstić information content (AvgIpc) is 3.03. The summed E-state index contributed by atoms with van der Waals surface area (Å²) in [4.78, 5) is 26.9. The van der Waals surface area contributed by atoms with Gasteiger partial charge < -0.3 is 10.6 Å². The van der Waals surface area contributed by atoms with Gasteiger partial charge in [-0.1, -0.05) is 23.2 Å². The molecular formula is C32H18Cl2F2N8. The molecule has 0 fully saturated rings. The number of fused-ring (bicyclic) bond motifs is 2. The third-order valence-corrected chi connectivity index (χ3v) is 7.21. The van der Waals surface area contributed by atoms with Crippen LogP contribution in [0.25, 0.3) is 44.6 Å². The highest BCUT2D eigenvalue weighted by Gasteiger charge is 2.15. The Morgan fingerprint density at radius 2 is 1.09 bits per heavy atom. The first-order chi connectivity index (χ1) is 21.4. The maximum absolute atomic E-state index is 14.8. The van der Waals surface area contributed by atoms with E-state index in [1.54, 1.807) is 48.9 Å². The maximum atomic E-state index is 14.8. The van der Waals surface area contributed by atoms with Crippen molar-refractivity contribution in [3.8, 4) is 22.5 Å². The van der Waals surface area contributed by atoms with E-state index in [-0.39, 0.29) is 17.1 Å². The summed E-state index contributed by atoms with van der Waals surface area (Å²) in [5, 5.41) is 8.65. The highest BCUT2D eigenvalue weighted by atomic mass is 35.5. The second-order valence-corrected chi connectivity index (χ2v) is 10.5. The van der Waals surface area contributed by atoms with E-state index in [0.717, 1.165) is 0 Å². The SMILES string of the molecule is Fc1ccc(Cl)cc1-c1cc(Nc2ccnc(Nc3cc(-c4cc(Cl)ccc4F)nc4ncccc34)n2)c2cccnc2n1. The monoisotopic (exact) mass is 622 g/mol. The lowest BCUT2D eigenvalue weighted by molar-refractivity contribution is 0.630. The van der Waals surface area contributed by atoms with Crippen molar-refractivity contribution in [3.05, 3.63) is 119 Å². The van der Waals surface area contributed by atoms with Gasteiger partial charge in [-0.05, 0) is 78.9 Å². The standard InChI is InChI=1S/C32H18Cl2F2N8/c33-17-5-7-23(35)21(13-17)27-15-25(19-3-1-10-37-30(19)41-27)40-29-9-12-39-32(44-29)43-26-16-28(22-14-18(34)6-8-24(22)36)42-31-20(26)4-2-11-38-31/h1-16H,(H2,37,38,39,40,41,42,43,44). The largest absolute Gasteiger partial charge is 0.339 e.